The van der Waals surface area contributed by atoms with Gasteiger partial charge in [0.15, 0.2) is 0 Å². The van der Waals surface area contributed by atoms with E-state index in [0.29, 0.717) is 39.1 Å². The van der Waals surface area contributed by atoms with Crippen LogP contribution in [0.2, 0.25) is 0 Å². The third kappa shape index (κ3) is 8.17. The third-order valence-corrected chi connectivity index (χ3v) is 3.12. The van der Waals surface area contributed by atoms with Crippen LogP contribution in [0.3, 0.4) is 0 Å². The average molecular weight is 270 g/mol. The lowest BCUT2D eigenvalue weighted by molar-refractivity contribution is 0.0233. The molecule has 0 saturated heterocycles. The van der Waals surface area contributed by atoms with Gasteiger partial charge in [0, 0.05) is 19.8 Å². The highest BCUT2D eigenvalue weighted by molar-refractivity contribution is 5.06. The Bertz CT molecular complexity index is 276. The van der Waals surface area contributed by atoms with Gasteiger partial charge in [-0.3, -0.25) is 5.32 Å². The van der Waals surface area contributed by atoms with Crippen LogP contribution in [0.1, 0.15) is 32.6 Å². The number of hydrogen-bond donors (Lipinski definition) is 1. The molecule has 1 saturated carbocycles. The van der Waals surface area contributed by atoms with E-state index < -0.39 is 5.54 Å². The van der Waals surface area contributed by atoms with E-state index in [4.69, 9.17) is 14.2 Å². The van der Waals surface area contributed by atoms with E-state index in [0.717, 1.165) is 12.8 Å². The molecule has 0 amide bonds. The van der Waals surface area contributed by atoms with Crippen molar-refractivity contribution in [3.63, 3.8) is 0 Å². The highest BCUT2D eigenvalue weighted by atomic mass is 16.5. The van der Waals surface area contributed by atoms with Crippen LogP contribution in [0, 0.1) is 11.3 Å². The summed E-state index contributed by atoms with van der Waals surface area (Å²) < 4.78 is 15.6. The molecule has 1 atom stereocenters. The molecular weight excluding hydrogens is 244 g/mol. The van der Waals surface area contributed by atoms with Crippen molar-refractivity contribution in [1.82, 2.24) is 5.32 Å². The Morgan fingerprint density at radius 2 is 1.79 bits per heavy atom. The minimum atomic E-state index is -0.403. The zero-order valence-electron chi connectivity index (χ0n) is 12.1. The summed E-state index contributed by atoms with van der Waals surface area (Å²) in [7, 11) is 1.65. The molecule has 19 heavy (non-hydrogen) atoms. The van der Waals surface area contributed by atoms with Gasteiger partial charge in [-0.25, -0.2) is 0 Å². The van der Waals surface area contributed by atoms with E-state index in [9.17, 15) is 5.26 Å². The molecule has 0 bridgehead atoms. The summed E-state index contributed by atoms with van der Waals surface area (Å²) in [4.78, 5) is 0. The first-order chi connectivity index (χ1) is 9.20. The van der Waals surface area contributed by atoms with Gasteiger partial charge in [-0.15, -0.1) is 0 Å². The van der Waals surface area contributed by atoms with Crippen LogP contribution in [0.4, 0.5) is 0 Å². The van der Waals surface area contributed by atoms with Crippen LogP contribution in [0.5, 0.6) is 0 Å². The first kappa shape index (κ1) is 16.4. The van der Waals surface area contributed by atoms with Crippen molar-refractivity contribution >= 4 is 0 Å². The molecule has 110 valence electrons. The number of nitrogens with one attached hydrogen (secondary N) is 1. The molecule has 0 aromatic heterocycles. The fourth-order valence-corrected chi connectivity index (χ4v) is 1.83. The molecule has 1 unspecified atom stereocenters. The molecule has 1 aliphatic rings. The van der Waals surface area contributed by atoms with E-state index in [1.165, 1.54) is 12.8 Å². The largest absolute Gasteiger partial charge is 0.382 e. The molecule has 1 fully saturated rings. The maximum atomic E-state index is 9.20. The second-order valence-corrected chi connectivity index (χ2v) is 5.18. The number of ether oxygens (including phenoxy) is 3. The predicted molar refractivity (Wildman–Crippen MR) is 72.9 cm³/mol. The Labute approximate surface area is 116 Å². The van der Waals surface area contributed by atoms with Crippen LogP contribution >= 0.6 is 0 Å². The summed E-state index contributed by atoms with van der Waals surface area (Å²) in [6.45, 7) is 5.07. The second-order valence-electron chi connectivity index (χ2n) is 5.18. The summed E-state index contributed by atoms with van der Waals surface area (Å²) in [5.41, 5.74) is -0.403. The number of rotatable bonds is 12. The zero-order chi connectivity index (χ0) is 14.0. The topological polar surface area (TPSA) is 63.5 Å². The molecule has 0 spiro atoms. The van der Waals surface area contributed by atoms with Gasteiger partial charge in [0.1, 0.15) is 5.54 Å². The summed E-state index contributed by atoms with van der Waals surface area (Å²) >= 11 is 0. The van der Waals surface area contributed by atoms with Gasteiger partial charge < -0.3 is 14.2 Å². The maximum absolute atomic E-state index is 9.20. The van der Waals surface area contributed by atoms with E-state index in [2.05, 4.69) is 11.4 Å². The average Bonchev–Trinajstić information content (AvgIpc) is 3.20. The standard InChI is InChI=1S/C14H26N2O3/c1-14(12-15,16-13-4-5-13)6-3-7-18-10-11-19-9-8-17-2/h13,16H,3-11H2,1-2H3. The Balaban J connectivity index is 1.92. The molecule has 5 nitrogen and oxygen atoms in total. The summed E-state index contributed by atoms with van der Waals surface area (Å²) in [6, 6.07) is 2.93. The molecule has 1 aliphatic carbocycles. The number of nitriles is 1. The quantitative estimate of drug-likeness (QED) is 0.544. The van der Waals surface area contributed by atoms with Crippen molar-refractivity contribution in [2.45, 2.75) is 44.2 Å². The van der Waals surface area contributed by atoms with Gasteiger partial charge in [-0.05, 0) is 32.6 Å². The Kier molecular flexibility index (Phi) is 7.99. The molecule has 0 radical (unpaired) electrons. The van der Waals surface area contributed by atoms with Crippen LogP contribution in [0.15, 0.2) is 0 Å². The van der Waals surface area contributed by atoms with Crippen molar-refractivity contribution in [3.05, 3.63) is 0 Å². The van der Waals surface area contributed by atoms with Gasteiger partial charge in [0.2, 0.25) is 0 Å². The van der Waals surface area contributed by atoms with Crippen LogP contribution < -0.4 is 5.32 Å². The molecule has 1 N–H and O–H groups in total. The summed E-state index contributed by atoms with van der Waals surface area (Å²) in [5, 5.41) is 12.6. The molecule has 0 heterocycles. The number of nitrogens with zero attached hydrogens (tertiary/aromatic N) is 1. The lowest BCUT2D eigenvalue weighted by Crippen LogP contribution is -2.42. The third-order valence-electron chi connectivity index (χ3n) is 3.12. The van der Waals surface area contributed by atoms with Crippen molar-refractivity contribution in [2.75, 3.05) is 40.1 Å². The fourth-order valence-electron chi connectivity index (χ4n) is 1.83. The van der Waals surface area contributed by atoms with Gasteiger partial charge in [-0.1, -0.05) is 0 Å². The van der Waals surface area contributed by atoms with Crippen molar-refractivity contribution < 1.29 is 14.2 Å². The van der Waals surface area contributed by atoms with Crippen LogP contribution in [-0.4, -0.2) is 51.7 Å². The summed E-state index contributed by atoms with van der Waals surface area (Å²) in [6.07, 6.45) is 4.12. The van der Waals surface area contributed by atoms with Crippen molar-refractivity contribution in [3.8, 4) is 6.07 Å². The SMILES string of the molecule is COCCOCCOCCCC(C)(C#N)NC1CC1. The van der Waals surface area contributed by atoms with E-state index in [-0.39, 0.29) is 0 Å². The molecule has 0 aromatic rings. The molecule has 1 rings (SSSR count). The summed E-state index contributed by atoms with van der Waals surface area (Å²) in [5.74, 6) is 0. The lowest BCUT2D eigenvalue weighted by atomic mass is 9.98. The smallest absolute Gasteiger partial charge is 0.104 e. The van der Waals surface area contributed by atoms with E-state index in [1.807, 2.05) is 6.92 Å². The monoisotopic (exact) mass is 270 g/mol. The fraction of sp³-hybridized carbons (Fsp3) is 0.929. The number of hydrogen-bond acceptors (Lipinski definition) is 5. The van der Waals surface area contributed by atoms with Gasteiger partial charge in [0.25, 0.3) is 0 Å². The minimum Gasteiger partial charge on any atom is -0.382 e. The second kappa shape index (κ2) is 9.27. The maximum Gasteiger partial charge on any atom is 0.104 e. The molecule has 5 heteroatoms. The highest BCUT2D eigenvalue weighted by Crippen LogP contribution is 2.24. The van der Waals surface area contributed by atoms with Crippen molar-refractivity contribution in [1.29, 1.82) is 5.26 Å². The minimum absolute atomic E-state index is 0.403. The normalized spacial score (nSPS) is 17.9. The Hall–Kier alpha value is -0.670. The molecular formula is C14H26N2O3. The zero-order valence-corrected chi connectivity index (χ0v) is 12.1. The Morgan fingerprint density at radius 1 is 1.16 bits per heavy atom. The van der Waals surface area contributed by atoms with Gasteiger partial charge in [0.05, 0.1) is 32.5 Å². The molecule has 0 aromatic carbocycles. The van der Waals surface area contributed by atoms with Gasteiger partial charge >= 0.3 is 0 Å². The van der Waals surface area contributed by atoms with Crippen molar-refractivity contribution in [2.24, 2.45) is 0 Å². The highest BCUT2D eigenvalue weighted by Gasteiger charge is 2.31. The van der Waals surface area contributed by atoms with E-state index in [1.54, 1.807) is 7.11 Å². The Morgan fingerprint density at radius 3 is 2.37 bits per heavy atom. The lowest BCUT2D eigenvalue weighted by Gasteiger charge is -2.23. The predicted octanol–water partition coefficient (Wildman–Crippen LogP) is 1.48. The first-order valence-corrected chi connectivity index (χ1v) is 7.03. The van der Waals surface area contributed by atoms with Crippen LogP contribution in [-0.2, 0) is 14.2 Å². The van der Waals surface area contributed by atoms with Gasteiger partial charge in [-0.2, -0.15) is 5.26 Å². The molecule has 0 aliphatic heterocycles. The number of methoxy groups -OCH3 is 1. The van der Waals surface area contributed by atoms with Crippen LogP contribution in [0.25, 0.3) is 0 Å². The van der Waals surface area contributed by atoms with E-state index >= 15 is 0 Å². The first-order valence-electron chi connectivity index (χ1n) is 7.03.